The van der Waals surface area contributed by atoms with Crippen LogP contribution in [0.3, 0.4) is 0 Å². The van der Waals surface area contributed by atoms with Crippen molar-refractivity contribution in [2.75, 3.05) is 57.9 Å². The molecule has 37 heavy (non-hydrogen) atoms. The number of rotatable bonds is 9. The van der Waals surface area contributed by atoms with Gasteiger partial charge in [0.15, 0.2) is 18.1 Å². The number of amides is 1. The molecule has 1 N–H and O–H groups in total. The molecule has 0 radical (unpaired) electrons. The molecular weight excluding hydrogens is 527 g/mol. The molecule has 0 spiro atoms. The summed E-state index contributed by atoms with van der Waals surface area (Å²) in [6, 6.07) is 11.5. The van der Waals surface area contributed by atoms with Crippen molar-refractivity contribution in [3.63, 3.8) is 0 Å². The van der Waals surface area contributed by atoms with Gasteiger partial charge in [0, 0.05) is 61.1 Å². The first-order chi connectivity index (χ1) is 17.2. The lowest BCUT2D eigenvalue weighted by molar-refractivity contribution is -0.153. The van der Waals surface area contributed by atoms with Gasteiger partial charge in [-0.05, 0) is 54.6 Å². The van der Waals surface area contributed by atoms with E-state index in [1.54, 1.807) is 24.3 Å². The van der Waals surface area contributed by atoms with Gasteiger partial charge in [-0.1, -0.05) is 6.07 Å². The van der Waals surface area contributed by atoms with E-state index in [0.717, 1.165) is 39.1 Å². The maximum Gasteiger partial charge on any atom is 0.422 e. The molecule has 0 aliphatic carbocycles. The molecule has 0 unspecified atom stereocenters. The van der Waals surface area contributed by atoms with Crippen LogP contribution in [0.2, 0.25) is 0 Å². The summed E-state index contributed by atoms with van der Waals surface area (Å²) >= 11 is 1.75. The van der Waals surface area contributed by atoms with E-state index in [1.165, 1.54) is 28.9 Å². The highest BCUT2D eigenvalue weighted by atomic mass is 35.5. The van der Waals surface area contributed by atoms with Crippen LogP contribution in [0.15, 0.2) is 41.8 Å². The van der Waals surface area contributed by atoms with Crippen molar-refractivity contribution >= 4 is 45.4 Å². The van der Waals surface area contributed by atoms with Gasteiger partial charge in [0.05, 0.1) is 6.61 Å². The van der Waals surface area contributed by atoms with Crippen LogP contribution < -0.4 is 19.7 Å². The van der Waals surface area contributed by atoms with Crippen molar-refractivity contribution in [1.29, 1.82) is 0 Å². The van der Waals surface area contributed by atoms with E-state index in [-0.39, 0.29) is 29.5 Å². The zero-order chi connectivity index (χ0) is 25.7. The number of hydrogen-bond acceptors (Lipinski definition) is 6. The third-order valence-corrected chi connectivity index (χ3v) is 7.05. The van der Waals surface area contributed by atoms with Crippen LogP contribution >= 0.6 is 23.7 Å². The average molecular weight is 558 g/mol. The Morgan fingerprint density at radius 3 is 2.57 bits per heavy atom. The molecule has 1 saturated heterocycles. The van der Waals surface area contributed by atoms with Gasteiger partial charge in [-0.2, -0.15) is 13.2 Å². The molecule has 1 aliphatic rings. The Morgan fingerprint density at radius 2 is 1.86 bits per heavy atom. The van der Waals surface area contributed by atoms with Gasteiger partial charge < -0.3 is 19.7 Å². The fourth-order valence-corrected chi connectivity index (χ4v) is 5.20. The maximum atomic E-state index is 12.8. The summed E-state index contributed by atoms with van der Waals surface area (Å²) in [5.74, 6) is -0.251. The molecule has 4 rings (SSSR count). The molecule has 1 amide bonds. The minimum Gasteiger partial charge on any atom is -0.489 e. The van der Waals surface area contributed by atoms with Crippen molar-refractivity contribution < 1.29 is 27.4 Å². The topological polar surface area (TPSA) is 54.0 Å². The van der Waals surface area contributed by atoms with E-state index in [0.29, 0.717) is 12.2 Å². The summed E-state index contributed by atoms with van der Waals surface area (Å²) in [4.78, 5) is 16.8. The first-order valence-corrected chi connectivity index (χ1v) is 12.8. The number of aryl methyl sites for hydroxylation is 1. The number of anilines is 1. The molecule has 1 aromatic heterocycles. The van der Waals surface area contributed by atoms with Crippen LogP contribution in [0.4, 0.5) is 18.9 Å². The standard InChI is InChI=1S/C26H30F3N3O3S.ClH/c1-18-15-19(25(33)30-2)16-22(35-17-26(27,28)29)24(18)34-13-4-8-31-9-11-32(12-10-31)21-5-3-6-23-20(21)7-14-36-23;/h3,5-7,14-16H,4,8-13,17H2,1-2H3,(H,30,33);1H. The number of alkyl halides is 3. The SMILES string of the molecule is CNC(=O)c1cc(C)c(OCCCN2CCN(c3cccc4sccc34)CC2)c(OCC(F)(F)F)c1.Cl. The number of carbonyl (C=O) groups is 1. The minimum atomic E-state index is -4.49. The first kappa shape index (κ1) is 28.9. The number of fused-ring (bicyclic) bond motifs is 1. The van der Waals surface area contributed by atoms with Crippen LogP contribution in [0.1, 0.15) is 22.3 Å². The van der Waals surface area contributed by atoms with Crippen LogP contribution in [-0.2, 0) is 0 Å². The highest BCUT2D eigenvalue weighted by molar-refractivity contribution is 7.17. The van der Waals surface area contributed by atoms with Crippen molar-refractivity contribution in [3.8, 4) is 11.5 Å². The van der Waals surface area contributed by atoms with Gasteiger partial charge in [0.25, 0.3) is 5.91 Å². The highest BCUT2D eigenvalue weighted by Crippen LogP contribution is 2.34. The molecule has 11 heteroatoms. The second-order valence-corrected chi connectivity index (χ2v) is 9.69. The Morgan fingerprint density at radius 1 is 1.11 bits per heavy atom. The molecule has 1 aliphatic heterocycles. The molecule has 3 aromatic rings. The Balaban J connectivity index is 0.00000380. The number of nitrogens with zero attached hydrogens (tertiary/aromatic N) is 2. The average Bonchev–Trinajstić information content (AvgIpc) is 3.34. The zero-order valence-corrected chi connectivity index (χ0v) is 22.4. The maximum absolute atomic E-state index is 12.8. The number of ether oxygens (including phenoxy) is 2. The van der Waals surface area contributed by atoms with Crippen molar-refractivity contribution in [2.24, 2.45) is 0 Å². The molecule has 6 nitrogen and oxygen atoms in total. The molecule has 1 fully saturated rings. The van der Waals surface area contributed by atoms with Gasteiger partial charge in [-0.25, -0.2) is 0 Å². The lowest BCUT2D eigenvalue weighted by Crippen LogP contribution is -2.46. The van der Waals surface area contributed by atoms with Gasteiger partial charge in [-0.15, -0.1) is 23.7 Å². The second kappa shape index (κ2) is 12.7. The van der Waals surface area contributed by atoms with Crippen LogP contribution in [0, 0.1) is 6.92 Å². The van der Waals surface area contributed by atoms with Crippen LogP contribution in [0.5, 0.6) is 11.5 Å². The summed E-state index contributed by atoms with van der Waals surface area (Å²) in [6.07, 6.45) is -3.78. The molecule has 2 heterocycles. The largest absolute Gasteiger partial charge is 0.489 e. The second-order valence-electron chi connectivity index (χ2n) is 8.74. The Hall–Kier alpha value is -2.69. The van der Waals surface area contributed by atoms with Gasteiger partial charge in [-0.3, -0.25) is 9.69 Å². The van der Waals surface area contributed by atoms with Crippen molar-refractivity contribution in [3.05, 3.63) is 52.9 Å². The normalized spacial score (nSPS) is 14.4. The van der Waals surface area contributed by atoms with E-state index in [2.05, 4.69) is 44.8 Å². The molecule has 2 aromatic carbocycles. The van der Waals surface area contributed by atoms with Crippen molar-refractivity contribution in [1.82, 2.24) is 10.2 Å². The Labute approximate surface area is 224 Å². The van der Waals surface area contributed by atoms with Crippen molar-refractivity contribution in [2.45, 2.75) is 19.5 Å². The van der Waals surface area contributed by atoms with Crippen LogP contribution in [-0.4, -0.2) is 70.0 Å². The predicted octanol–water partition coefficient (Wildman–Crippen LogP) is 5.52. The molecular formula is C26H31ClF3N3O3S. The molecule has 0 saturated carbocycles. The first-order valence-electron chi connectivity index (χ1n) is 11.9. The van der Waals surface area contributed by atoms with E-state index in [1.807, 2.05) is 0 Å². The number of benzene rings is 2. The fraction of sp³-hybridized carbons (Fsp3) is 0.423. The number of carbonyl (C=O) groups excluding carboxylic acids is 1. The van der Waals surface area contributed by atoms with E-state index >= 15 is 0 Å². The Kier molecular flexibility index (Phi) is 9.92. The number of nitrogens with one attached hydrogen (secondary N) is 1. The number of halogens is 4. The van der Waals surface area contributed by atoms with E-state index in [9.17, 15) is 18.0 Å². The van der Waals surface area contributed by atoms with Gasteiger partial charge in [0.2, 0.25) is 0 Å². The van der Waals surface area contributed by atoms with Gasteiger partial charge in [0.1, 0.15) is 0 Å². The lowest BCUT2D eigenvalue weighted by Gasteiger charge is -2.36. The van der Waals surface area contributed by atoms with Crippen LogP contribution in [0.25, 0.3) is 10.1 Å². The number of hydrogen-bond donors (Lipinski definition) is 1. The van der Waals surface area contributed by atoms with Gasteiger partial charge >= 0.3 is 6.18 Å². The summed E-state index contributed by atoms with van der Waals surface area (Å²) in [7, 11) is 1.46. The molecule has 0 atom stereocenters. The van der Waals surface area contributed by atoms with E-state index < -0.39 is 18.7 Å². The quantitative estimate of drug-likeness (QED) is 0.351. The summed E-state index contributed by atoms with van der Waals surface area (Å²) in [5.41, 5.74) is 2.04. The highest BCUT2D eigenvalue weighted by Gasteiger charge is 2.29. The fourth-order valence-electron chi connectivity index (χ4n) is 4.40. The molecule has 202 valence electrons. The smallest absolute Gasteiger partial charge is 0.422 e. The third-order valence-electron chi connectivity index (χ3n) is 6.17. The Bertz CT molecular complexity index is 1200. The monoisotopic (exact) mass is 557 g/mol. The van der Waals surface area contributed by atoms with E-state index in [4.69, 9.17) is 9.47 Å². The molecule has 0 bridgehead atoms. The number of piperazine rings is 1. The third kappa shape index (κ3) is 7.43. The minimum absolute atomic E-state index is 0. The summed E-state index contributed by atoms with van der Waals surface area (Å²) in [5, 5.41) is 5.89. The summed E-state index contributed by atoms with van der Waals surface area (Å²) in [6.45, 7) is 5.12. The lowest BCUT2D eigenvalue weighted by atomic mass is 10.1. The number of thiophene rings is 1. The predicted molar refractivity (Wildman–Crippen MR) is 144 cm³/mol. The summed E-state index contributed by atoms with van der Waals surface area (Å²) < 4.78 is 50.4. The zero-order valence-electron chi connectivity index (χ0n) is 20.8.